The third-order valence-electron chi connectivity index (χ3n) is 7.69. The number of rotatable bonds is 5. The van der Waals surface area contributed by atoms with Crippen LogP contribution in [-0.2, 0) is 11.3 Å². The zero-order valence-electron chi connectivity index (χ0n) is 16.6. The minimum absolute atomic E-state index is 0.0447. The van der Waals surface area contributed by atoms with Gasteiger partial charge in [0.1, 0.15) is 0 Å². The normalized spacial score (nSPS) is 31.8. The highest BCUT2D eigenvalue weighted by molar-refractivity contribution is 5.77. The summed E-state index contributed by atoms with van der Waals surface area (Å²) in [4.78, 5) is 29.6. The molecule has 5 nitrogen and oxygen atoms in total. The summed E-state index contributed by atoms with van der Waals surface area (Å²) < 4.78 is 1.55. The van der Waals surface area contributed by atoms with Crippen LogP contribution < -0.4 is 10.9 Å². The van der Waals surface area contributed by atoms with Gasteiger partial charge in [-0.3, -0.25) is 14.2 Å². The molecule has 6 rings (SSSR count). The summed E-state index contributed by atoms with van der Waals surface area (Å²) in [6.07, 6.45) is 9.97. The van der Waals surface area contributed by atoms with Gasteiger partial charge < -0.3 is 5.32 Å². The number of benzene rings is 1. The van der Waals surface area contributed by atoms with Crippen LogP contribution in [0, 0.1) is 23.2 Å². The standard InChI is InChI=1S/C23H29N3O2/c1-15(23-11-16-8-17(12-23)10-18(9-16)13-23)25-21(27)6-7-26-14-24-20-5-3-2-4-19(20)22(26)28/h2-5,14-18H,6-13H2,1H3,(H,25,27). The Bertz CT molecular complexity index is 928. The molecule has 1 atom stereocenters. The van der Waals surface area contributed by atoms with Crippen molar-refractivity contribution in [3.63, 3.8) is 0 Å². The van der Waals surface area contributed by atoms with Crippen LogP contribution in [-0.4, -0.2) is 21.5 Å². The summed E-state index contributed by atoms with van der Waals surface area (Å²) in [6.45, 7) is 2.57. The quantitative estimate of drug-likeness (QED) is 0.865. The maximum absolute atomic E-state index is 12.6. The van der Waals surface area contributed by atoms with E-state index < -0.39 is 0 Å². The zero-order valence-corrected chi connectivity index (χ0v) is 16.6. The van der Waals surface area contributed by atoms with Crippen molar-refractivity contribution in [2.45, 2.75) is 64.5 Å². The van der Waals surface area contributed by atoms with Gasteiger partial charge in [0, 0.05) is 19.0 Å². The lowest BCUT2D eigenvalue weighted by atomic mass is 9.48. The predicted molar refractivity (Wildman–Crippen MR) is 109 cm³/mol. The topological polar surface area (TPSA) is 64.0 Å². The second-order valence-electron chi connectivity index (χ2n) is 9.58. The molecule has 148 valence electrons. The highest BCUT2D eigenvalue weighted by Crippen LogP contribution is 2.61. The Hall–Kier alpha value is -2.17. The molecule has 1 unspecified atom stereocenters. The first-order chi connectivity index (χ1) is 13.5. The summed E-state index contributed by atoms with van der Waals surface area (Å²) >= 11 is 0. The fourth-order valence-electron chi connectivity index (χ4n) is 6.66. The predicted octanol–water partition coefficient (Wildman–Crippen LogP) is 3.51. The van der Waals surface area contributed by atoms with Crippen LogP contribution in [0.15, 0.2) is 35.4 Å². The molecular weight excluding hydrogens is 350 g/mol. The van der Waals surface area contributed by atoms with Gasteiger partial charge in [-0.1, -0.05) is 12.1 Å². The third kappa shape index (κ3) is 3.05. The first-order valence-electron chi connectivity index (χ1n) is 10.8. The highest BCUT2D eigenvalue weighted by Gasteiger charge is 2.53. The number of nitrogens with one attached hydrogen (secondary N) is 1. The van der Waals surface area contributed by atoms with E-state index in [1.165, 1.54) is 38.5 Å². The van der Waals surface area contributed by atoms with E-state index in [4.69, 9.17) is 0 Å². The number of aromatic nitrogens is 2. The van der Waals surface area contributed by atoms with E-state index in [0.717, 1.165) is 17.8 Å². The van der Waals surface area contributed by atoms with Gasteiger partial charge in [-0.25, -0.2) is 4.98 Å². The average Bonchev–Trinajstić information content (AvgIpc) is 2.66. The van der Waals surface area contributed by atoms with E-state index in [1.807, 2.05) is 18.2 Å². The fourth-order valence-corrected chi connectivity index (χ4v) is 6.66. The van der Waals surface area contributed by atoms with E-state index in [-0.39, 0.29) is 17.5 Å². The Morgan fingerprint density at radius 1 is 1.18 bits per heavy atom. The SMILES string of the molecule is CC(NC(=O)CCn1cnc2ccccc2c1=O)C12CC3CC(CC(C3)C1)C2. The van der Waals surface area contributed by atoms with Gasteiger partial charge in [0.05, 0.1) is 17.2 Å². The molecule has 4 fully saturated rings. The summed E-state index contributed by atoms with van der Waals surface area (Å²) in [5.74, 6) is 2.69. The minimum Gasteiger partial charge on any atom is -0.353 e. The molecule has 2 aromatic rings. The van der Waals surface area contributed by atoms with Crippen molar-refractivity contribution in [3.05, 3.63) is 40.9 Å². The largest absolute Gasteiger partial charge is 0.353 e. The van der Waals surface area contributed by atoms with E-state index >= 15 is 0 Å². The third-order valence-corrected chi connectivity index (χ3v) is 7.69. The molecule has 0 saturated heterocycles. The van der Waals surface area contributed by atoms with Crippen molar-refractivity contribution in [3.8, 4) is 0 Å². The van der Waals surface area contributed by atoms with E-state index in [9.17, 15) is 9.59 Å². The molecule has 4 saturated carbocycles. The van der Waals surface area contributed by atoms with Gasteiger partial charge in [-0.05, 0) is 80.8 Å². The number of para-hydroxylation sites is 1. The lowest BCUT2D eigenvalue weighted by Crippen LogP contribution is -2.55. The molecule has 4 aliphatic carbocycles. The van der Waals surface area contributed by atoms with Crippen LogP contribution in [0.3, 0.4) is 0 Å². The molecule has 1 aromatic carbocycles. The van der Waals surface area contributed by atoms with Crippen molar-refractivity contribution in [1.29, 1.82) is 0 Å². The Morgan fingerprint density at radius 2 is 1.82 bits per heavy atom. The molecular formula is C23H29N3O2. The second-order valence-corrected chi connectivity index (χ2v) is 9.58. The number of hydrogen-bond donors (Lipinski definition) is 1. The van der Waals surface area contributed by atoms with Crippen molar-refractivity contribution >= 4 is 16.8 Å². The summed E-state index contributed by atoms with van der Waals surface area (Å²) in [5.41, 5.74) is 0.933. The summed E-state index contributed by atoms with van der Waals surface area (Å²) in [6, 6.07) is 7.56. The number of fused-ring (bicyclic) bond motifs is 1. The minimum atomic E-state index is -0.0764. The maximum Gasteiger partial charge on any atom is 0.261 e. The van der Waals surface area contributed by atoms with Gasteiger partial charge >= 0.3 is 0 Å². The number of nitrogens with zero attached hydrogens (tertiary/aromatic N) is 2. The molecule has 1 heterocycles. The van der Waals surface area contributed by atoms with Gasteiger partial charge in [-0.15, -0.1) is 0 Å². The Labute approximate surface area is 165 Å². The molecule has 0 aliphatic heterocycles. The smallest absolute Gasteiger partial charge is 0.261 e. The molecule has 1 amide bonds. The number of carbonyl (C=O) groups is 1. The lowest BCUT2D eigenvalue weighted by Gasteiger charge is -2.59. The van der Waals surface area contributed by atoms with Crippen LogP contribution in [0.1, 0.15) is 51.9 Å². The fraction of sp³-hybridized carbons (Fsp3) is 0.609. The van der Waals surface area contributed by atoms with Crippen molar-refractivity contribution in [2.24, 2.45) is 23.2 Å². The first kappa shape index (κ1) is 17.9. The van der Waals surface area contributed by atoms with E-state index in [1.54, 1.807) is 17.0 Å². The molecule has 0 radical (unpaired) electrons. The number of amides is 1. The first-order valence-corrected chi connectivity index (χ1v) is 10.8. The van der Waals surface area contributed by atoms with Gasteiger partial charge in [0.2, 0.25) is 5.91 Å². The monoisotopic (exact) mass is 379 g/mol. The van der Waals surface area contributed by atoms with E-state index in [2.05, 4.69) is 17.2 Å². The number of hydrogen-bond acceptors (Lipinski definition) is 3. The highest BCUT2D eigenvalue weighted by atomic mass is 16.2. The van der Waals surface area contributed by atoms with Gasteiger partial charge in [0.15, 0.2) is 0 Å². The van der Waals surface area contributed by atoms with Crippen LogP contribution in [0.25, 0.3) is 10.9 Å². The molecule has 0 spiro atoms. The van der Waals surface area contributed by atoms with Gasteiger partial charge in [0.25, 0.3) is 5.56 Å². The molecule has 5 heteroatoms. The Kier molecular flexibility index (Phi) is 4.29. The van der Waals surface area contributed by atoms with Crippen molar-refractivity contribution in [2.75, 3.05) is 0 Å². The van der Waals surface area contributed by atoms with Crippen LogP contribution in [0.4, 0.5) is 0 Å². The van der Waals surface area contributed by atoms with Crippen molar-refractivity contribution in [1.82, 2.24) is 14.9 Å². The molecule has 4 bridgehead atoms. The number of aryl methyl sites for hydroxylation is 1. The number of carbonyl (C=O) groups excluding carboxylic acids is 1. The van der Waals surface area contributed by atoms with Crippen molar-refractivity contribution < 1.29 is 4.79 Å². The second kappa shape index (κ2) is 6.71. The van der Waals surface area contributed by atoms with Crippen LogP contribution in [0.2, 0.25) is 0 Å². The lowest BCUT2D eigenvalue weighted by molar-refractivity contribution is -0.126. The maximum atomic E-state index is 12.6. The Morgan fingerprint density at radius 3 is 2.50 bits per heavy atom. The van der Waals surface area contributed by atoms with Gasteiger partial charge in [-0.2, -0.15) is 0 Å². The van der Waals surface area contributed by atoms with Crippen LogP contribution >= 0.6 is 0 Å². The Balaban J connectivity index is 1.23. The zero-order chi connectivity index (χ0) is 19.3. The molecule has 28 heavy (non-hydrogen) atoms. The molecule has 1 N–H and O–H groups in total. The summed E-state index contributed by atoms with van der Waals surface area (Å²) in [7, 11) is 0. The molecule has 1 aromatic heterocycles. The van der Waals surface area contributed by atoms with E-state index in [0.29, 0.717) is 29.3 Å². The summed E-state index contributed by atoms with van der Waals surface area (Å²) in [5, 5.41) is 3.89. The van der Waals surface area contributed by atoms with Crippen LogP contribution in [0.5, 0.6) is 0 Å². The molecule has 4 aliphatic rings. The average molecular weight is 380 g/mol.